The molecule has 7 aromatic carbocycles. The van der Waals surface area contributed by atoms with Crippen LogP contribution >= 0.6 is 23.2 Å². The number of aliphatic hydroxyl groups excluding tert-OH is 1. The van der Waals surface area contributed by atoms with E-state index in [0.29, 0.717) is 52.6 Å². The summed E-state index contributed by atoms with van der Waals surface area (Å²) in [6, 6.07) is 53.8. The highest BCUT2D eigenvalue weighted by atomic mass is 35.5. The number of anilines is 1. The van der Waals surface area contributed by atoms with Gasteiger partial charge in [-0.15, -0.1) is 0 Å². The minimum absolute atomic E-state index is 0.126. The Kier molecular flexibility index (Phi) is 14.3. The average Bonchev–Trinajstić information content (AvgIpc) is 3.28. The standard InChI is InChI=1S/C50H44Cl2N2O6/c51-44-29-41(22-24-46(44)58-33-37-15-7-2-8-16-37)43(42-23-25-47(45(52)30-42)59-34-38-17-9-3-10-18-38)32-53(31-36-13-5-1-6-14-36)49-40(27-28-55)21-26-48(50(49)54(56)57)60-35-39-19-11-4-12-20-39/h1-26,29-30,43,55H,27-28,31-35H2. The molecule has 8 nitrogen and oxygen atoms in total. The summed E-state index contributed by atoms with van der Waals surface area (Å²) in [6.07, 6.45) is 0.184. The average molecular weight is 840 g/mol. The Morgan fingerprint density at radius 1 is 0.567 bits per heavy atom. The monoisotopic (exact) mass is 838 g/mol. The fourth-order valence-electron chi connectivity index (χ4n) is 7.14. The Morgan fingerprint density at radius 3 is 1.40 bits per heavy atom. The summed E-state index contributed by atoms with van der Waals surface area (Å²) in [5, 5.41) is 24.4. The van der Waals surface area contributed by atoms with Crippen molar-refractivity contribution in [3.05, 3.63) is 229 Å². The molecule has 60 heavy (non-hydrogen) atoms. The molecule has 304 valence electrons. The third-order valence-electron chi connectivity index (χ3n) is 10.1. The molecule has 0 fully saturated rings. The lowest BCUT2D eigenvalue weighted by molar-refractivity contribution is -0.385. The van der Waals surface area contributed by atoms with Gasteiger partial charge in [-0.3, -0.25) is 10.1 Å². The second-order valence-corrected chi connectivity index (χ2v) is 15.1. The SMILES string of the molecule is O=[N+]([O-])c1c(OCc2ccccc2)ccc(CCO)c1N(Cc1ccccc1)CC(c1ccc(OCc2ccccc2)c(Cl)c1)c1ccc(OCc2ccccc2)c(Cl)c1. The van der Waals surface area contributed by atoms with Gasteiger partial charge in [-0.2, -0.15) is 0 Å². The van der Waals surface area contributed by atoms with Gasteiger partial charge in [-0.25, -0.2) is 0 Å². The van der Waals surface area contributed by atoms with Crippen LogP contribution in [0.2, 0.25) is 10.0 Å². The molecule has 0 bridgehead atoms. The number of hydrogen-bond donors (Lipinski definition) is 1. The number of rotatable bonds is 19. The van der Waals surface area contributed by atoms with Crippen LogP contribution in [-0.2, 0) is 32.8 Å². The van der Waals surface area contributed by atoms with E-state index in [-0.39, 0.29) is 37.6 Å². The second-order valence-electron chi connectivity index (χ2n) is 14.3. The molecule has 0 saturated heterocycles. The molecule has 0 radical (unpaired) electrons. The highest BCUT2D eigenvalue weighted by molar-refractivity contribution is 6.32. The normalized spacial score (nSPS) is 11.0. The molecule has 0 unspecified atom stereocenters. The molecule has 0 amide bonds. The third kappa shape index (κ3) is 10.8. The molecule has 10 heteroatoms. The predicted molar refractivity (Wildman–Crippen MR) is 238 cm³/mol. The van der Waals surface area contributed by atoms with Gasteiger partial charge in [0.2, 0.25) is 0 Å². The van der Waals surface area contributed by atoms with Crippen molar-refractivity contribution in [1.82, 2.24) is 0 Å². The number of nitrogens with zero attached hydrogens (tertiary/aromatic N) is 2. The number of benzene rings is 7. The van der Waals surface area contributed by atoms with Crippen LogP contribution in [0.4, 0.5) is 11.4 Å². The smallest absolute Gasteiger partial charge is 0.334 e. The number of hydrogen-bond acceptors (Lipinski definition) is 7. The minimum atomic E-state index is -0.425. The zero-order chi connectivity index (χ0) is 41.7. The summed E-state index contributed by atoms with van der Waals surface area (Å²) in [7, 11) is 0. The lowest BCUT2D eigenvalue weighted by Crippen LogP contribution is -2.30. The molecule has 0 spiro atoms. The van der Waals surface area contributed by atoms with Crippen LogP contribution in [-0.4, -0.2) is 23.2 Å². The fourth-order valence-corrected chi connectivity index (χ4v) is 7.63. The maximum Gasteiger partial charge on any atom is 0.334 e. The van der Waals surface area contributed by atoms with E-state index in [9.17, 15) is 15.2 Å². The first kappa shape index (κ1) is 41.8. The number of nitro groups is 1. The van der Waals surface area contributed by atoms with Crippen molar-refractivity contribution >= 4 is 34.6 Å². The first-order valence-corrected chi connectivity index (χ1v) is 20.4. The maximum absolute atomic E-state index is 13.3. The van der Waals surface area contributed by atoms with Crippen LogP contribution in [0.1, 0.15) is 44.9 Å². The molecule has 0 aliphatic rings. The second kappa shape index (κ2) is 20.6. The van der Waals surface area contributed by atoms with Crippen LogP contribution in [0.5, 0.6) is 17.2 Å². The van der Waals surface area contributed by atoms with Gasteiger partial charge >= 0.3 is 5.69 Å². The van der Waals surface area contributed by atoms with E-state index in [2.05, 4.69) is 0 Å². The van der Waals surface area contributed by atoms with Crippen LogP contribution in [0.15, 0.2) is 170 Å². The van der Waals surface area contributed by atoms with E-state index in [4.69, 9.17) is 37.4 Å². The number of halogens is 2. The molecule has 0 aliphatic heterocycles. The summed E-state index contributed by atoms with van der Waals surface area (Å²) < 4.78 is 18.5. The highest BCUT2D eigenvalue weighted by Gasteiger charge is 2.31. The van der Waals surface area contributed by atoms with E-state index in [1.807, 2.05) is 163 Å². The van der Waals surface area contributed by atoms with E-state index < -0.39 is 10.8 Å². The van der Waals surface area contributed by atoms with Crippen LogP contribution in [0, 0.1) is 10.1 Å². The number of nitro benzene ring substituents is 1. The molecule has 7 aromatic rings. The molecule has 7 rings (SSSR count). The highest BCUT2D eigenvalue weighted by Crippen LogP contribution is 2.44. The fraction of sp³-hybridized carbons (Fsp3) is 0.160. The van der Waals surface area contributed by atoms with Crippen molar-refractivity contribution < 1.29 is 24.2 Å². The first-order valence-electron chi connectivity index (χ1n) is 19.7. The zero-order valence-electron chi connectivity index (χ0n) is 32.8. The van der Waals surface area contributed by atoms with Gasteiger partial charge in [0.05, 0.1) is 15.0 Å². The lowest BCUT2D eigenvalue weighted by Gasteiger charge is -2.32. The van der Waals surface area contributed by atoms with E-state index in [0.717, 1.165) is 33.4 Å². The molecule has 0 atom stereocenters. The largest absolute Gasteiger partial charge is 0.487 e. The van der Waals surface area contributed by atoms with Gasteiger partial charge in [-0.05, 0) is 75.7 Å². The van der Waals surface area contributed by atoms with Crippen molar-refractivity contribution in [3.8, 4) is 17.2 Å². The quantitative estimate of drug-likeness (QED) is 0.0640. The summed E-state index contributed by atoms with van der Waals surface area (Å²) in [4.78, 5) is 14.9. The zero-order valence-corrected chi connectivity index (χ0v) is 34.3. The van der Waals surface area contributed by atoms with E-state index >= 15 is 0 Å². The minimum Gasteiger partial charge on any atom is -0.487 e. The maximum atomic E-state index is 13.3. The van der Waals surface area contributed by atoms with Crippen molar-refractivity contribution in [3.63, 3.8) is 0 Å². The predicted octanol–water partition coefficient (Wildman–Crippen LogP) is 12.0. The Morgan fingerprint density at radius 2 is 0.983 bits per heavy atom. The van der Waals surface area contributed by atoms with Crippen molar-refractivity contribution in [2.24, 2.45) is 0 Å². The third-order valence-corrected chi connectivity index (χ3v) is 10.7. The van der Waals surface area contributed by atoms with Crippen molar-refractivity contribution in [2.75, 3.05) is 18.1 Å². The van der Waals surface area contributed by atoms with Crippen molar-refractivity contribution in [1.29, 1.82) is 0 Å². The molecular weight excluding hydrogens is 795 g/mol. The van der Waals surface area contributed by atoms with Crippen molar-refractivity contribution in [2.45, 2.75) is 38.7 Å². The molecular formula is C50H44Cl2N2O6. The number of aliphatic hydroxyl groups is 1. The Bertz CT molecular complexity index is 2380. The Hall–Kier alpha value is -6.32. The molecule has 0 saturated carbocycles. The molecule has 1 N–H and O–H groups in total. The Balaban J connectivity index is 1.32. The topological polar surface area (TPSA) is 94.3 Å². The van der Waals surface area contributed by atoms with Gasteiger partial charge in [0.25, 0.3) is 0 Å². The Labute approximate surface area is 360 Å². The summed E-state index contributed by atoms with van der Waals surface area (Å²) in [5.74, 6) is 0.749. The van der Waals surface area contributed by atoms with Gasteiger partial charge in [0.15, 0.2) is 5.75 Å². The molecule has 0 aliphatic carbocycles. The van der Waals surface area contributed by atoms with Gasteiger partial charge in [0.1, 0.15) is 37.0 Å². The lowest BCUT2D eigenvalue weighted by atomic mass is 9.89. The van der Waals surface area contributed by atoms with Crippen LogP contribution in [0.25, 0.3) is 0 Å². The number of ether oxygens (including phenoxy) is 3. The van der Waals surface area contributed by atoms with Crippen LogP contribution < -0.4 is 19.1 Å². The first-order chi connectivity index (χ1) is 29.4. The van der Waals surface area contributed by atoms with E-state index in [1.165, 1.54) is 0 Å². The van der Waals surface area contributed by atoms with Gasteiger partial charge in [0, 0.05) is 25.6 Å². The summed E-state index contributed by atoms with van der Waals surface area (Å²) in [6.45, 7) is 1.16. The molecule has 0 heterocycles. The van der Waals surface area contributed by atoms with Gasteiger partial charge < -0.3 is 24.2 Å². The summed E-state index contributed by atoms with van der Waals surface area (Å²) in [5.41, 5.74) is 6.27. The van der Waals surface area contributed by atoms with E-state index in [1.54, 1.807) is 12.1 Å². The van der Waals surface area contributed by atoms with Crippen LogP contribution in [0.3, 0.4) is 0 Å². The summed E-state index contributed by atoms with van der Waals surface area (Å²) >= 11 is 14.0. The van der Waals surface area contributed by atoms with Gasteiger partial charge in [-0.1, -0.05) is 163 Å². The molecule has 0 aromatic heterocycles.